The van der Waals surface area contributed by atoms with E-state index in [1.54, 1.807) is 12.2 Å². The molecule has 1 aliphatic heterocycles. The van der Waals surface area contributed by atoms with Gasteiger partial charge in [-0.1, -0.05) is 17.7 Å². The van der Waals surface area contributed by atoms with Gasteiger partial charge in [0.1, 0.15) is 0 Å². The van der Waals surface area contributed by atoms with Crippen molar-refractivity contribution in [1.29, 1.82) is 0 Å². The fourth-order valence-corrected chi connectivity index (χ4v) is 4.68. The van der Waals surface area contributed by atoms with E-state index < -0.39 is 5.72 Å². The number of halogens is 1. The van der Waals surface area contributed by atoms with Gasteiger partial charge in [-0.2, -0.15) is 0 Å². The van der Waals surface area contributed by atoms with Crippen LogP contribution in [0.2, 0.25) is 5.02 Å². The Bertz CT molecular complexity index is 670. The number of nitrogens with zero attached hydrogens (tertiary/aromatic N) is 2. The zero-order valence-electron chi connectivity index (χ0n) is 13.5. The van der Waals surface area contributed by atoms with Crippen molar-refractivity contribution in [2.24, 2.45) is 16.1 Å². The van der Waals surface area contributed by atoms with Crippen LogP contribution in [0.1, 0.15) is 36.8 Å². The van der Waals surface area contributed by atoms with Crippen LogP contribution < -0.4 is 5.73 Å². The van der Waals surface area contributed by atoms with Crippen LogP contribution in [0.5, 0.6) is 0 Å². The Morgan fingerprint density at radius 2 is 2.13 bits per heavy atom. The lowest BCUT2D eigenvalue weighted by Crippen LogP contribution is -2.46. The molecule has 0 aromatic heterocycles. The third-order valence-corrected chi connectivity index (χ3v) is 6.01. The maximum absolute atomic E-state index is 6.27. The minimum absolute atomic E-state index is 0.0789. The van der Waals surface area contributed by atoms with Crippen molar-refractivity contribution in [3.8, 4) is 0 Å². The van der Waals surface area contributed by atoms with Gasteiger partial charge >= 0.3 is 0 Å². The van der Waals surface area contributed by atoms with Crippen LogP contribution in [0, 0.1) is 5.41 Å². The number of hydrogen-bond donors (Lipinski definition) is 1. The maximum atomic E-state index is 6.27. The molecule has 1 saturated carbocycles. The van der Waals surface area contributed by atoms with Gasteiger partial charge in [-0.25, -0.2) is 14.9 Å². The van der Waals surface area contributed by atoms with Crippen LogP contribution >= 0.6 is 11.6 Å². The van der Waals surface area contributed by atoms with Gasteiger partial charge in [0, 0.05) is 30.2 Å². The summed E-state index contributed by atoms with van der Waals surface area (Å²) < 4.78 is 5.55. The fourth-order valence-electron chi connectivity index (χ4n) is 4.51. The highest BCUT2D eigenvalue weighted by atomic mass is 35.5. The minimum atomic E-state index is -0.745. The highest BCUT2D eigenvalue weighted by Gasteiger charge is 2.63. The van der Waals surface area contributed by atoms with Gasteiger partial charge in [-0.15, -0.1) is 0 Å². The molecule has 2 spiro atoms. The molecule has 124 valence electrons. The number of aliphatic imine (C=N–C) groups is 1. The first-order valence-corrected chi connectivity index (χ1v) is 8.47. The molecule has 2 N–H and O–H groups in total. The molecular formula is C17H22ClN3O2. The molecule has 2 aliphatic carbocycles. The molecule has 1 heterocycles. The van der Waals surface area contributed by atoms with Gasteiger partial charge in [0.25, 0.3) is 0 Å². The summed E-state index contributed by atoms with van der Waals surface area (Å²) >= 11 is 6.26. The Labute approximate surface area is 141 Å². The van der Waals surface area contributed by atoms with Crippen molar-refractivity contribution in [2.45, 2.75) is 43.9 Å². The number of methoxy groups -OCH3 is 1. The van der Waals surface area contributed by atoms with E-state index in [-0.39, 0.29) is 5.41 Å². The standard InChI is InChI=1S/C17H22ClN3O2/c1-21-15(19)20-17(23-21)14-9-12(18)4-3-11(14)10-16(17)7-5-13(22-2)6-8-16/h3-4,9,13H,5-8,10H2,1-2H3,(H2,19,20). The second kappa shape index (κ2) is 5.10. The number of rotatable bonds is 1. The van der Waals surface area contributed by atoms with Crippen molar-refractivity contribution in [1.82, 2.24) is 5.06 Å². The minimum Gasteiger partial charge on any atom is -0.381 e. The van der Waals surface area contributed by atoms with E-state index in [2.05, 4.69) is 6.07 Å². The molecule has 0 bridgehead atoms. The monoisotopic (exact) mass is 335 g/mol. The van der Waals surface area contributed by atoms with E-state index in [1.165, 1.54) is 5.56 Å². The molecular weight excluding hydrogens is 314 g/mol. The van der Waals surface area contributed by atoms with E-state index in [4.69, 9.17) is 31.9 Å². The summed E-state index contributed by atoms with van der Waals surface area (Å²) in [6.07, 6.45) is 5.31. The highest BCUT2D eigenvalue weighted by molar-refractivity contribution is 6.30. The quantitative estimate of drug-likeness (QED) is 0.857. The lowest BCUT2D eigenvalue weighted by molar-refractivity contribution is -0.232. The van der Waals surface area contributed by atoms with Gasteiger partial charge in [0.05, 0.1) is 6.10 Å². The normalized spacial score (nSPS) is 35.9. The van der Waals surface area contributed by atoms with Crippen molar-refractivity contribution in [2.75, 3.05) is 14.2 Å². The molecule has 1 aromatic rings. The third kappa shape index (κ3) is 2.03. The molecule has 4 rings (SSSR count). The number of hydrogen-bond acceptors (Lipinski definition) is 5. The second-order valence-corrected chi connectivity index (χ2v) is 7.33. The largest absolute Gasteiger partial charge is 0.381 e. The van der Waals surface area contributed by atoms with E-state index in [0.29, 0.717) is 17.1 Å². The Morgan fingerprint density at radius 3 is 2.74 bits per heavy atom. The Morgan fingerprint density at radius 1 is 1.39 bits per heavy atom. The predicted molar refractivity (Wildman–Crippen MR) is 89.0 cm³/mol. The van der Waals surface area contributed by atoms with Crippen LogP contribution in [-0.2, 0) is 21.7 Å². The lowest BCUT2D eigenvalue weighted by atomic mass is 9.66. The number of hydroxylamine groups is 2. The van der Waals surface area contributed by atoms with Crippen LogP contribution in [-0.4, -0.2) is 31.3 Å². The SMILES string of the molecule is COC1CCC2(CC1)Cc1ccc(Cl)cc1C21N=C(N)N(C)O1. The molecule has 23 heavy (non-hydrogen) atoms. The summed E-state index contributed by atoms with van der Waals surface area (Å²) in [6, 6.07) is 6.04. The Kier molecular flexibility index (Phi) is 3.38. The highest BCUT2D eigenvalue weighted by Crippen LogP contribution is 2.62. The van der Waals surface area contributed by atoms with Crippen molar-refractivity contribution in [3.05, 3.63) is 34.3 Å². The summed E-state index contributed by atoms with van der Waals surface area (Å²) in [6.45, 7) is 0. The van der Waals surface area contributed by atoms with Crippen LogP contribution in [0.4, 0.5) is 0 Å². The summed E-state index contributed by atoms with van der Waals surface area (Å²) in [5.41, 5.74) is 7.56. The maximum Gasteiger partial charge on any atom is 0.220 e. The Hall–Kier alpha value is -1.30. The van der Waals surface area contributed by atoms with Gasteiger partial charge in [0.15, 0.2) is 0 Å². The van der Waals surface area contributed by atoms with E-state index in [0.717, 1.165) is 37.7 Å². The van der Waals surface area contributed by atoms with Crippen LogP contribution in [0.15, 0.2) is 23.2 Å². The summed E-state index contributed by atoms with van der Waals surface area (Å²) in [4.78, 5) is 11.1. The molecule has 0 amide bonds. The van der Waals surface area contributed by atoms with E-state index in [1.807, 2.05) is 19.2 Å². The predicted octanol–water partition coefficient (Wildman–Crippen LogP) is 2.82. The fraction of sp³-hybridized carbons (Fsp3) is 0.588. The molecule has 0 radical (unpaired) electrons. The second-order valence-electron chi connectivity index (χ2n) is 6.90. The first-order chi connectivity index (χ1) is 11.0. The molecule has 1 fully saturated rings. The van der Waals surface area contributed by atoms with Crippen molar-refractivity contribution < 1.29 is 9.57 Å². The average molecular weight is 336 g/mol. The van der Waals surface area contributed by atoms with Crippen LogP contribution in [0.25, 0.3) is 0 Å². The van der Waals surface area contributed by atoms with Crippen LogP contribution in [0.3, 0.4) is 0 Å². The number of guanidine groups is 1. The summed E-state index contributed by atoms with van der Waals surface area (Å²) in [7, 11) is 3.60. The zero-order valence-corrected chi connectivity index (χ0v) is 14.3. The van der Waals surface area contributed by atoms with E-state index in [9.17, 15) is 0 Å². The molecule has 5 nitrogen and oxygen atoms in total. The number of benzene rings is 1. The first-order valence-electron chi connectivity index (χ1n) is 8.10. The lowest BCUT2D eigenvalue weighted by Gasteiger charge is -2.45. The molecule has 6 heteroatoms. The molecule has 1 aromatic carbocycles. The van der Waals surface area contributed by atoms with E-state index >= 15 is 0 Å². The van der Waals surface area contributed by atoms with Gasteiger partial charge in [-0.3, -0.25) is 0 Å². The summed E-state index contributed by atoms with van der Waals surface area (Å²) in [5.74, 6) is 0.422. The smallest absolute Gasteiger partial charge is 0.220 e. The Balaban J connectivity index is 1.82. The molecule has 3 aliphatic rings. The summed E-state index contributed by atoms with van der Waals surface area (Å²) in [5, 5.41) is 2.29. The molecule has 1 unspecified atom stereocenters. The first kappa shape index (κ1) is 15.2. The third-order valence-electron chi connectivity index (χ3n) is 5.77. The zero-order chi connectivity index (χ0) is 16.2. The van der Waals surface area contributed by atoms with Gasteiger partial charge < -0.3 is 10.5 Å². The molecule has 1 atom stereocenters. The molecule has 0 saturated heterocycles. The number of ether oxygens (including phenoxy) is 1. The number of nitrogens with two attached hydrogens (primary N) is 1. The van der Waals surface area contributed by atoms with Gasteiger partial charge in [0.2, 0.25) is 11.7 Å². The van der Waals surface area contributed by atoms with Crippen molar-refractivity contribution >= 4 is 17.6 Å². The van der Waals surface area contributed by atoms with Gasteiger partial charge in [-0.05, 0) is 49.8 Å². The topological polar surface area (TPSA) is 60.1 Å². The number of fused-ring (bicyclic) bond motifs is 3. The average Bonchev–Trinajstić information content (AvgIpc) is 2.97. The van der Waals surface area contributed by atoms with Crippen molar-refractivity contribution in [3.63, 3.8) is 0 Å².